The molecule has 0 radical (unpaired) electrons. The zero-order valence-electron chi connectivity index (χ0n) is 13.7. The number of anilines is 1. The molecule has 6 nitrogen and oxygen atoms in total. The lowest BCUT2D eigenvalue weighted by Crippen LogP contribution is -2.00. The van der Waals surface area contributed by atoms with E-state index in [4.69, 9.17) is 15.5 Å². The number of nitrogen functional groups attached to an aromatic ring is 1. The number of rotatable bonds is 4. The van der Waals surface area contributed by atoms with Crippen LogP contribution in [0.3, 0.4) is 0 Å². The number of methoxy groups -OCH3 is 1. The summed E-state index contributed by atoms with van der Waals surface area (Å²) in [6.07, 6.45) is 4.18. The van der Waals surface area contributed by atoms with Crippen LogP contribution in [0.4, 0.5) is 5.82 Å². The van der Waals surface area contributed by atoms with E-state index in [9.17, 15) is 0 Å². The van der Waals surface area contributed by atoms with E-state index in [1.165, 1.54) is 0 Å². The first-order chi connectivity index (χ1) is 12.3. The molecule has 0 spiro atoms. The second kappa shape index (κ2) is 6.24. The van der Waals surface area contributed by atoms with E-state index in [0.29, 0.717) is 18.0 Å². The number of nitrogens with two attached hydrogens (primary N) is 1. The van der Waals surface area contributed by atoms with Crippen LogP contribution in [0.25, 0.3) is 11.3 Å². The molecule has 1 aliphatic heterocycles. The van der Waals surface area contributed by atoms with Gasteiger partial charge in [-0.25, -0.2) is 9.98 Å². The Morgan fingerprint density at radius 1 is 1.12 bits per heavy atom. The maximum Gasteiger partial charge on any atom is 0.166 e. The van der Waals surface area contributed by atoms with Crippen LogP contribution in [0.15, 0.2) is 59.9 Å². The van der Waals surface area contributed by atoms with Gasteiger partial charge in [0.25, 0.3) is 0 Å². The number of allylic oxidation sites excluding steroid dienone is 1. The summed E-state index contributed by atoms with van der Waals surface area (Å²) in [6.45, 7) is 0. The monoisotopic (exact) mass is 331 g/mol. The van der Waals surface area contributed by atoms with Crippen molar-refractivity contribution in [1.82, 2.24) is 15.2 Å². The Kier molecular flexibility index (Phi) is 3.78. The SMILES string of the molecule is COc1cc(C2=C(c3ccn[nH]3)N=C(c3ccccc3)C2)cnc1N. The molecule has 0 aliphatic carbocycles. The van der Waals surface area contributed by atoms with Crippen molar-refractivity contribution in [1.29, 1.82) is 0 Å². The number of H-pyrrole nitrogens is 1. The summed E-state index contributed by atoms with van der Waals surface area (Å²) in [7, 11) is 1.59. The molecule has 3 N–H and O–H groups in total. The molecular weight excluding hydrogens is 314 g/mol. The van der Waals surface area contributed by atoms with Crippen molar-refractivity contribution in [2.24, 2.45) is 4.99 Å². The summed E-state index contributed by atoms with van der Waals surface area (Å²) in [5.74, 6) is 0.930. The number of pyridine rings is 1. The number of aromatic nitrogens is 3. The molecule has 3 aromatic rings. The van der Waals surface area contributed by atoms with E-state index in [1.807, 2.05) is 30.3 Å². The molecule has 1 aromatic carbocycles. The lowest BCUT2D eigenvalue weighted by molar-refractivity contribution is 0.415. The van der Waals surface area contributed by atoms with E-state index >= 15 is 0 Å². The largest absolute Gasteiger partial charge is 0.493 e. The summed E-state index contributed by atoms with van der Waals surface area (Å²) >= 11 is 0. The second-order valence-corrected chi connectivity index (χ2v) is 5.71. The first kappa shape index (κ1) is 15.1. The molecule has 3 heterocycles. The highest BCUT2D eigenvalue weighted by atomic mass is 16.5. The molecule has 4 rings (SSSR count). The zero-order valence-corrected chi connectivity index (χ0v) is 13.7. The Morgan fingerprint density at radius 3 is 2.68 bits per heavy atom. The Balaban J connectivity index is 1.81. The van der Waals surface area contributed by atoms with E-state index in [-0.39, 0.29) is 0 Å². The lowest BCUT2D eigenvalue weighted by Gasteiger charge is -2.09. The average Bonchev–Trinajstić information content (AvgIpc) is 3.32. The van der Waals surface area contributed by atoms with Crippen LogP contribution in [0, 0.1) is 0 Å². The van der Waals surface area contributed by atoms with Crippen LogP contribution >= 0.6 is 0 Å². The number of aromatic amines is 1. The van der Waals surface area contributed by atoms with E-state index in [1.54, 1.807) is 19.5 Å². The number of aliphatic imine (C=N–C) groups is 1. The number of hydrogen-bond acceptors (Lipinski definition) is 5. The second-order valence-electron chi connectivity index (χ2n) is 5.71. The maximum atomic E-state index is 5.85. The third-order valence-electron chi connectivity index (χ3n) is 4.19. The van der Waals surface area contributed by atoms with Gasteiger partial charge in [-0.2, -0.15) is 5.10 Å². The van der Waals surface area contributed by atoms with Gasteiger partial charge in [0.1, 0.15) is 0 Å². The molecule has 0 saturated heterocycles. The minimum atomic E-state index is 0.372. The number of benzene rings is 1. The Hall–Kier alpha value is -3.41. The molecule has 1 aliphatic rings. The van der Waals surface area contributed by atoms with Gasteiger partial charge in [-0.15, -0.1) is 0 Å². The predicted octanol–water partition coefficient (Wildman–Crippen LogP) is 3.16. The van der Waals surface area contributed by atoms with E-state index in [0.717, 1.165) is 33.8 Å². The quantitative estimate of drug-likeness (QED) is 0.768. The third kappa shape index (κ3) is 2.78. The van der Waals surface area contributed by atoms with Gasteiger partial charge in [0.15, 0.2) is 11.6 Å². The molecule has 25 heavy (non-hydrogen) atoms. The van der Waals surface area contributed by atoms with Gasteiger partial charge < -0.3 is 10.5 Å². The molecular formula is C19H17N5O. The first-order valence-corrected chi connectivity index (χ1v) is 7.92. The topological polar surface area (TPSA) is 89.2 Å². The highest BCUT2D eigenvalue weighted by Crippen LogP contribution is 2.37. The van der Waals surface area contributed by atoms with Crippen molar-refractivity contribution in [2.75, 3.05) is 12.8 Å². The van der Waals surface area contributed by atoms with Crippen molar-refractivity contribution in [3.05, 3.63) is 71.7 Å². The van der Waals surface area contributed by atoms with Crippen LogP contribution in [-0.2, 0) is 0 Å². The molecule has 0 saturated carbocycles. The van der Waals surface area contributed by atoms with Crippen LogP contribution in [0.2, 0.25) is 0 Å². The Bertz CT molecular complexity index is 959. The lowest BCUT2D eigenvalue weighted by atomic mass is 9.98. The van der Waals surface area contributed by atoms with Crippen molar-refractivity contribution in [3.63, 3.8) is 0 Å². The zero-order chi connectivity index (χ0) is 17.2. The van der Waals surface area contributed by atoms with Crippen molar-refractivity contribution in [2.45, 2.75) is 6.42 Å². The summed E-state index contributed by atoms with van der Waals surface area (Å²) in [5, 5.41) is 7.05. The normalized spacial score (nSPS) is 13.9. The van der Waals surface area contributed by atoms with Crippen molar-refractivity contribution in [3.8, 4) is 5.75 Å². The number of hydrogen-bond donors (Lipinski definition) is 2. The third-order valence-corrected chi connectivity index (χ3v) is 4.19. The average molecular weight is 331 g/mol. The van der Waals surface area contributed by atoms with Gasteiger partial charge in [-0.3, -0.25) is 5.10 Å². The number of nitrogens with one attached hydrogen (secondary N) is 1. The van der Waals surface area contributed by atoms with Gasteiger partial charge in [0.05, 0.1) is 24.2 Å². The molecule has 0 atom stereocenters. The van der Waals surface area contributed by atoms with Crippen LogP contribution in [0.1, 0.15) is 23.2 Å². The minimum Gasteiger partial charge on any atom is -0.493 e. The summed E-state index contributed by atoms with van der Waals surface area (Å²) in [4.78, 5) is 9.11. The Labute approximate surface area is 145 Å². The summed E-state index contributed by atoms with van der Waals surface area (Å²) in [5.41, 5.74) is 11.7. The predicted molar refractivity (Wildman–Crippen MR) is 98.2 cm³/mol. The smallest absolute Gasteiger partial charge is 0.166 e. The highest BCUT2D eigenvalue weighted by molar-refractivity contribution is 6.16. The summed E-state index contributed by atoms with van der Waals surface area (Å²) in [6, 6.07) is 14.0. The fraction of sp³-hybridized carbons (Fsp3) is 0.105. The number of ether oxygens (including phenoxy) is 1. The standard InChI is InChI=1S/C19H17N5O/c1-25-17-9-13(11-21-19(17)20)14-10-16(12-5-3-2-4-6-12)23-18(14)15-7-8-22-24-15/h2-9,11H,10H2,1H3,(H2,20,21)(H,22,24). The molecule has 2 aromatic heterocycles. The van der Waals surface area contributed by atoms with Crippen LogP contribution < -0.4 is 10.5 Å². The molecule has 0 unspecified atom stereocenters. The van der Waals surface area contributed by atoms with Crippen molar-refractivity contribution >= 4 is 22.8 Å². The minimum absolute atomic E-state index is 0.372. The van der Waals surface area contributed by atoms with Gasteiger partial charge >= 0.3 is 0 Å². The number of nitrogens with zero attached hydrogens (tertiary/aromatic N) is 3. The fourth-order valence-electron chi connectivity index (χ4n) is 2.92. The molecule has 6 heteroatoms. The summed E-state index contributed by atoms with van der Waals surface area (Å²) < 4.78 is 5.31. The van der Waals surface area contributed by atoms with Crippen molar-refractivity contribution < 1.29 is 4.74 Å². The van der Waals surface area contributed by atoms with Gasteiger partial charge in [0.2, 0.25) is 0 Å². The first-order valence-electron chi connectivity index (χ1n) is 7.92. The molecule has 0 bridgehead atoms. The van der Waals surface area contributed by atoms with E-state index in [2.05, 4.69) is 27.3 Å². The molecule has 124 valence electrons. The maximum absolute atomic E-state index is 5.85. The van der Waals surface area contributed by atoms with Gasteiger partial charge in [0, 0.05) is 24.4 Å². The van der Waals surface area contributed by atoms with Crippen LogP contribution in [-0.4, -0.2) is 28.0 Å². The highest BCUT2D eigenvalue weighted by Gasteiger charge is 2.23. The van der Waals surface area contributed by atoms with E-state index < -0.39 is 0 Å². The van der Waals surface area contributed by atoms with Gasteiger partial charge in [-0.05, 0) is 23.3 Å². The van der Waals surface area contributed by atoms with Gasteiger partial charge in [-0.1, -0.05) is 30.3 Å². The molecule has 0 amide bonds. The van der Waals surface area contributed by atoms with Crippen LogP contribution in [0.5, 0.6) is 5.75 Å². The molecule has 0 fully saturated rings. The fourth-order valence-corrected chi connectivity index (χ4v) is 2.92. The Morgan fingerprint density at radius 2 is 1.96 bits per heavy atom.